The number of allylic oxidation sites excluding steroid dienone is 2. The van der Waals surface area contributed by atoms with E-state index in [2.05, 4.69) is 151 Å². The molecule has 4 heteroatoms. The van der Waals surface area contributed by atoms with Crippen LogP contribution in [-0.4, -0.2) is 6.88 Å². The van der Waals surface area contributed by atoms with Crippen LogP contribution in [0, 0.1) is 25.7 Å². The van der Waals surface area contributed by atoms with Crippen LogP contribution in [0.4, 0.5) is 0 Å². The first-order valence-corrected chi connectivity index (χ1v) is 36.5. The van der Waals surface area contributed by atoms with Gasteiger partial charge in [-0.3, -0.25) is 0 Å². The van der Waals surface area contributed by atoms with E-state index in [4.69, 9.17) is 0 Å². The third-order valence-corrected chi connectivity index (χ3v) is 32.8. The molecule has 2 fully saturated rings. The first-order chi connectivity index (χ1) is 28.1. The predicted molar refractivity (Wildman–Crippen MR) is 267 cm³/mol. The summed E-state index contributed by atoms with van der Waals surface area (Å²) in [5, 5.41) is 5.32. The van der Waals surface area contributed by atoms with Crippen molar-refractivity contribution in [2.75, 3.05) is 0 Å². The van der Waals surface area contributed by atoms with Gasteiger partial charge in [-0.25, -0.2) is 0 Å². The maximum absolute atomic E-state index is 3.94. The van der Waals surface area contributed by atoms with Crippen molar-refractivity contribution in [2.45, 2.75) is 107 Å². The van der Waals surface area contributed by atoms with Gasteiger partial charge in [-0.2, -0.15) is 0 Å². The van der Waals surface area contributed by atoms with Crippen LogP contribution < -0.4 is 0 Å². The summed E-state index contributed by atoms with van der Waals surface area (Å²) in [5.41, 5.74) is 18.4. The summed E-state index contributed by atoms with van der Waals surface area (Å²) in [7, 11) is 0. The van der Waals surface area contributed by atoms with Gasteiger partial charge in [0.25, 0.3) is 0 Å². The molecule has 10 rings (SSSR count). The summed E-state index contributed by atoms with van der Waals surface area (Å²) >= 11 is -3.94. The van der Waals surface area contributed by atoms with Crippen LogP contribution in [0.1, 0.15) is 118 Å². The van der Waals surface area contributed by atoms with Crippen molar-refractivity contribution in [1.29, 1.82) is 0 Å². The van der Waals surface area contributed by atoms with Crippen LogP contribution in [0.15, 0.2) is 120 Å². The second-order valence-corrected chi connectivity index (χ2v) is 50.9. The molecule has 0 amide bonds. The van der Waals surface area contributed by atoms with Crippen molar-refractivity contribution >= 4 is 65.4 Å². The van der Waals surface area contributed by atoms with Gasteiger partial charge in [-0.05, 0) is 0 Å². The number of benzene rings is 6. The maximum atomic E-state index is 2.92. The zero-order valence-corrected chi connectivity index (χ0v) is 41.9. The van der Waals surface area contributed by atoms with Gasteiger partial charge in [0, 0.05) is 0 Å². The smallest absolute Gasteiger partial charge is 0.147 e. The van der Waals surface area contributed by atoms with Gasteiger partial charge in [0.15, 0.2) is 0 Å². The standard InChI is InChI=1S/2C27H27.2CH3.2ClH.H2Si.Zr/c2*1-19-13-25-16-21(15-20-7-3-2-4-8-20)17-27(25)26(14-19)24-12-11-22-9-5-6-10-23(22)18-24;;;;;;/h2*5-6,9-14,16-18,20H,2-4,7-8,15H2,1H3;2*1H3;2*1H;1H2;. The quantitative estimate of drug-likeness (QED) is 0.133. The number of hydrogen-bond acceptors (Lipinski definition) is 0. The van der Waals surface area contributed by atoms with Crippen LogP contribution in [-0.2, 0) is 17.4 Å². The minimum atomic E-state index is -3.94. The molecule has 0 aliphatic heterocycles. The fraction of sp³-hybridized carbons (Fsp3) is 0.357. The van der Waals surface area contributed by atoms with Crippen molar-refractivity contribution in [3.8, 4) is 22.3 Å². The molecule has 2 atom stereocenters. The summed E-state index contributed by atoms with van der Waals surface area (Å²) in [6.45, 7) is 7.31. The van der Waals surface area contributed by atoms with Crippen molar-refractivity contribution in [3.63, 3.8) is 0 Å². The predicted octanol–water partition coefficient (Wildman–Crippen LogP) is 16.6. The maximum Gasteiger partial charge on any atom is -0.147 e. The Morgan fingerprint density at radius 1 is 0.483 bits per heavy atom. The van der Waals surface area contributed by atoms with Crippen molar-refractivity contribution in [3.05, 3.63) is 154 Å². The van der Waals surface area contributed by atoms with Crippen LogP contribution in [0.3, 0.4) is 0 Å². The number of rotatable bonds is 8. The Hall–Kier alpha value is -3.00. The molecule has 60 heavy (non-hydrogen) atoms. The molecule has 0 spiro atoms. The fourth-order valence-electron chi connectivity index (χ4n) is 12.8. The van der Waals surface area contributed by atoms with Gasteiger partial charge < -0.3 is 0 Å². The SMILES string of the molecule is Cc1cc(-c2ccc3ccccc3c2)c2c(c1)[CH]([Zr]([CH3])([CH3])(=[SiH2])[CH]1C(CC3CCCCC3)=Cc3c(-c4ccc5ccccc5c4)cc(C)cc31)C(CC1CCCCC1)=C2.Cl.Cl. The van der Waals surface area contributed by atoms with E-state index in [0.717, 1.165) is 11.8 Å². The molecule has 2 saturated carbocycles. The second-order valence-electron chi connectivity index (χ2n) is 20.4. The Labute approximate surface area is 375 Å². The van der Waals surface area contributed by atoms with E-state index < -0.39 is 17.4 Å². The van der Waals surface area contributed by atoms with Gasteiger partial charge in [0.2, 0.25) is 0 Å². The minimum Gasteiger partial charge on any atom is -0.147 e. The molecule has 0 bridgehead atoms. The molecule has 0 N–H and O–H groups in total. The minimum absolute atomic E-state index is 0. The van der Waals surface area contributed by atoms with E-state index in [1.165, 1.54) is 143 Å². The molecular formula is C56H64Cl2SiZr. The molecule has 6 aromatic carbocycles. The Morgan fingerprint density at radius 3 is 1.27 bits per heavy atom. The largest absolute Gasteiger partial charge is 0.147 e. The first-order valence-electron chi connectivity index (χ1n) is 22.8. The summed E-state index contributed by atoms with van der Waals surface area (Å²) in [6, 6.07) is 42.5. The number of hydrogen-bond donors (Lipinski definition) is 0. The Morgan fingerprint density at radius 2 is 0.867 bits per heavy atom. The average molecular weight is 927 g/mol. The zero-order valence-electron chi connectivity index (χ0n) is 36.4. The third kappa shape index (κ3) is 8.07. The van der Waals surface area contributed by atoms with E-state index in [1.54, 1.807) is 22.3 Å². The summed E-state index contributed by atoms with van der Waals surface area (Å²) in [6.07, 6.45) is 22.1. The second kappa shape index (κ2) is 17.3. The molecule has 0 aromatic heterocycles. The van der Waals surface area contributed by atoms with Crippen molar-refractivity contribution in [1.82, 2.24) is 0 Å². The van der Waals surface area contributed by atoms with Crippen LogP contribution in [0.25, 0.3) is 56.0 Å². The van der Waals surface area contributed by atoms with E-state index in [0.29, 0.717) is 7.25 Å². The van der Waals surface area contributed by atoms with E-state index in [1.807, 2.05) is 0 Å². The summed E-state index contributed by atoms with van der Waals surface area (Å²) < 4.78 is 6.90. The molecule has 0 nitrogen and oxygen atoms in total. The summed E-state index contributed by atoms with van der Waals surface area (Å²) in [5.74, 6) is 1.62. The Bertz CT molecular complexity index is 2540. The first kappa shape index (κ1) is 43.6. The number of fused-ring (bicyclic) bond motifs is 4. The molecular weight excluding hydrogens is 863 g/mol. The van der Waals surface area contributed by atoms with Gasteiger partial charge in [0.1, 0.15) is 0 Å². The monoisotopic (exact) mass is 924 g/mol. The molecule has 4 aliphatic carbocycles. The topological polar surface area (TPSA) is 0 Å². The van der Waals surface area contributed by atoms with E-state index in [-0.39, 0.29) is 24.8 Å². The molecule has 6 aromatic rings. The fourth-order valence-corrected chi connectivity index (χ4v) is 32.5. The van der Waals surface area contributed by atoms with Gasteiger partial charge in [-0.15, -0.1) is 24.8 Å². The molecule has 2 unspecified atom stereocenters. The van der Waals surface area contributed by atoms with Crippen molar-refractivity contribution < 1.29 is 17.4 Å². The van der Waals surface area contributed by atoms with Crippen molar-refractivity contribution in [2.24, 2.45) is 11.8 Å². The van der Waals surface area contributed by atoms with Gasteiger partial charge >= 0.3 is 353 Å². The summed E-state index contributed by atoms with van der Waals surface area (Å²) in [4.78, 5) is 0. The Balaban J connectivity index is 0.00000249. The normalized spacial score (nSPS) is 19.6. The molecule has 0 saturated heterocycles. The zero-order chi connectivity index (χ0) is 39.6. The van der Waals surface area contributed by atoms with Crippen LogP contribution in [0.5, 0.6) is 0 Å². The van der Waals surface area contributed by atoms with Crippen LogP contribution in [0.2, 0.25) is 9.26 Å². The van der Waals surface area contributed by atoms with Gasteiger partial charge in [-0.1, -0.05) is 0 Å². The van der Waals surface area contributed by atoms with Gasteiger partial charge in [0.05, 0.1) is 0 Å². The number of halogens is 2. The molecule has 4 aliphatic rings. The average Bonchev–Trinajstić information content (AvgIpc) is 3.79. The van der Waals surface area contributed by atoms with Crippen LogP contribution >= 0.6 is 24.8 Å². The third-order valence-electron chi connectivity index (χ3n) is 15.3. The molecule has 310 valence electrons. The Kier molecular flexibility index (Phi) is 12.6. The van der Waals surface area contributed by atoms with E-state index in [9.17, 15) is 0 Å². The molecule has 0 radical (unpaired) electrons. The number of aryl methyl sites for hydroxylation is 2. The van der Waals surface area contributed by atoms with E-state index >= 15 is 0 Å². The molecule has 0 heterocycles.